The van der Waals surface area contributed by atoms with Crippen LogP contribution in [0.1, 0.15) is 39.7 Å². The van der Waals surface area contributed by atoms with Gasteiger partial charge in [0.05, 0.1) is 0 Å². The molecule has 1 N–H and O–H groups in total. The fourth-order valence-corrected chi connectivity index (χ4v) is 1.68. The maximum atomic E-state index is 3.45. The zero-order chi connectivity index (χ0) is 12.0. The average molecular weight is 215 g/mol. The number of para-hydroxylation sites is 1. The van der Waals surface area contributed by atoms with E-state index in [0.29, 0.717) is 0 Å². The summed E-state index contributed by atoms with van der Waals surface area (Å²) < 4.78 is 0. The maximum Gasteiger partial charge on any atom is 0.0378 e. The van der Waals surface area contributed by atoms with Gasteiger partial charge in [-0.1, -0.05) is 39.0 Å². The van der Waals surface area contributed by atoms with Crippen LogP contribution in [-0.4, -0.2) is 6.54 Å². The number of nitrogens with one attached hydrogen (secondary N) is 1. The van der Waals surface area contributed by atoms with Crippen molar-refractivity contribution in [3.63, 3.8) is 0 Å². The van der Waals surface area contributed by atoms with Crippen molar-refractivity contribution < 1.29 is 0 Å². The summed E-state index contributed by atoms with van der Waals surface area (Å²) in [6.45, 7) is 9.50. The normalized spacial score (nSPS) is 10.5. The Morgan fingerprint density at radius 1 is 1.19 bits per heavy atom. The van der Waals surface area contributed by atoms with Crippen LogP contribution < -0.4 is 5.32 Å². The molecule has 0 aliphatic rings. The van der Waals surface area contributed by atoms with Gasteiger partial charge in [0, 0.05) is 18.7 Å². The van der Waals surface area contributed by atoms with Gasteiger partial charge in [-0.2, -0.15) is 0 Å². The van der Waals surface area contributed by atoms with Crippen LogP contribution in [0.15, 0.2) is 24.3 Å². The third-order valence-corrected chi connectivity index (χ3v) is 2.48. The van der Waals surface area contributed by atoms with Crippen molar-refractivity contribution in [3.05, 3.63) is 29.8 Å². The van der Waals surface area contributed by atoms with Crippen LogP contribution in [0.3, 0.4) is 0 Å². The molecule has 0 heterocycles. The highest BCUT2D eigenvalue weighted by Crippen LogP contribution is 2.28. The lowest BCUT2D eigenvalue weighted by atomic mass is 9.86. The van der Waals surface area contributed by atoms with E-state index in [0.717, 1.165) is 13.0 Å². The fourth-order valence-electron chi connectivity index (χ4n) is 1.68. The Bertz CT molecular complexity index is 388. The van der Waals surface area contributed by atoms with Gasteiger partial charge in [0.25, 0.3) is 0 Å². The molecule has 1 aromatic carbocycles. The first-order chi connectivity index (χ1) is 7.55. The highest BCUT2D eigenvalue weighted by atomic mass is 14.9. The van der Waals surface area contributed by atoms with Crippen molar-refractivity contribution in [3.8, 4) is 11.8 Å². The lowest BCUT2D eigenvalue weighted by Gasteiger charge is -2.23. The predicted octanol–water partition coefficient (Wildman–Crippen LogP) is 3.81. The van der Waals surface area contributed by atoms with Crippen molar-refractivity contribution in [2.75, 3.05) is 11.9 Å². The first-order valence-corrected chi connectivity index (χ1v) is 5.78. The molecule has 1 heteroatoms. The molecule has 0 spiro atoms. The minimum absolute atomic E-state index is 0.181. The Morgan fingerprint density at radius 3 is 2.50 bits per heavy atom. The Balaban J connectivity index is 2.74. The molecule has 0 atom stereocenters. The van der Waals surface area contributed by atoms with Crippen molar-refractivity contribution in [1.29, 1.82) is 0 Å². The zero-order valence-electron chi connectivity index (χ0n) is 10.7. The summed E-state index contributed by atoms with van der Waals surface area (Å²) in [5.41, 5.74) is 2.77. The van der Waals surface area contributed by atoms with Gasteiger partial charge in [0.15, 0.2) is 0 Å². The zero-order valence-corrected chi connectivity index (χ0v) is 10.7. The van der Waals surface area contributed by atoms with Gasteiger partial charge in [-0.3, -0.25) is 0 Å². The van der Waals surface area contributed by atoms with E-state index < -0.39 is 0 Å². The van der Waals surface area contributed by atoms with Gasteiger partial charge in [0.1, 0.15) is 0 Å². The molecule has 0 unspecified atom stereocenters. The van der Waals surface area contributed by atoms with E-state index in [1.54, 1.807) is 0 Å². The largest absolute Gasteiger partial charge is 0.384 e. The molecule has 0 aromatic heterocycles. The van der Waals surface area contributed by atoms with Gasteiger partial charge < -0.3 is 5.32 Å². The SMILES string of the molecule is CC#CCCNc1ccccc1C(C)(C)C. The summed E-state index contributed by atoms with van der Waals surface area (Å²) in [7, 11) is 0. The Kier molecular flexibility index (Phi) is 4.43. The Labute approximate surface area is 99.3 Å². The second-order valence-electron chi connectivity index (χ2n) is 4.90. The summed E-state index contributed by atoms with van der Waals surface area (Å²) >= 11 is 0. The van der Waals surface area contributed by atoms with Crippen LogP contribution in [0, 0.1) is 11.8 Å². The van der Waals surface area contributed by atoms with Crippen molar-refractivity contribution in [1.82, 2.24) is 0 Å². The Morgan fingerprint density at radius 2 is 1.88 bits per heavy atom. The first kappa shape index (κ1) is 12.6. The summed E-state index contributed by atoms with van der Waals surface area (Å²) in [5, 5.41) is 3.45. The highest BCUT2D eigenvalue weighted by Gasteiger charge is 2.16. The van der Waals surface area contributed by atoms with Gasteiger partial charge in [-0.15, -0.1) is 11.8 Å². The predicted molar refractivity (Wildman–Crippen MR) is 71.7 cm³/mol. The van der Waals surface area contributed by atoms with Crippen LogP contribution in [-0.2, 0) is 5.41 Å². The molecule has 0 radical (unpaired) electrons. The van der Waals surface area contributed by atoms with E-state index in [1.807, 2.05) is 6.92 Å². The molecule has 16 heavy (non-hydrogen) atoms. The third-order valence-electron chi connectivity index (χ3n) is 2.48. The molecule has 0 aliphatic carbocycles. The van der Waals surface area contributed by atoms with Crippen molar-refractivity contribution in [2.24, 2.45) is 0 Å². The summed E-state index contributed by atoms with van der Waals surface area (Å²) in [4.78, 5) is 0. The van der Waals surface area contributed by atoms with Crippen LogP contribution in [0.5, 0.6) is 0 Å². The van der Waals surface area contributed by atoms with Gasteiger partial charge in [0.2, 0.25) is 0 Å². The van der Waals surface area contributed by atoms with Crippen LogP contribution >= 0.6 is 0 Å². The molecule has 1 nitrogen and oxygen atoms in total. The molecule has 0 fully saturated rings. The van der Waals surface area contributed by atoms with E-state index in [-0.39, 0.29) is 5.41 Å². The smallest absolute Gasteiger partial charge is 0.0378 e. The lowest BCUT2D eigenvalue weighted by Crippen LogP contribution is -2.15. The molecule has 0 amide bonds. The van der Waals surface area contributed by atoms with Crippen molar-refractivity contribution in [2.45, 2.75) is 39.5 Å². The number of hydrogen-bond acceptors (Lipinski definition) is 1. The number of hydrogen-bond donors (Lipinski definition) is 1. The second-order valence-corrected chi connectivity index (χ2v) is 4.90. The molecule has 0 aliphatic heterocycles. The summed E-state index contributed by atoms with van der Waals surface area (Å²) in [6, 6.07) is 8.49. The topological polar surface area (TPSA) is 12.0 Å². The number of anilines is 1. The van der Waals surface area contributed by atoms with Crippen molar-refractivity contribution >= 4 is 5.69 Å². The monoisotopic (exact) mass is 215 g/mol. The van der Waals surface area contributed by atoms with E-state index in [1.165, 1.54) is 11.3 Å². The molecular formula is C15H21N. The lowest BCUT2D eigenvalue weighted by molar-refractivity contribution is 0.591. The summed E-state index contributed by atoms with van der Waals surface area (Å²) in [5.74, 6) is 5.97. The third kappa shape index (κ3) is 3.62. The van der Waals surface area contributed by atoms with E-state index in [2.05, 4.69) is 62.2 Å². The van der Waals surface area contributed by atoms with E-state index in [9.17, 15) is 0 Å². The van der Waals surface area contributed by atoms with Gasteiger partial charge in [-0.05, 0) is 24.0 Å². The quantitative estimate of drug-likeness (QED) is 0.597. The second kappa shape index (κ2) is 5.61. The van der Waals surface area contributed by atoms with Gasteiger partial charge >= 0.3 is 0 Å². The standard InChI is InChI=1S/C15H21N/c1-5-6-9-12-16-14-11-8-7-10-13(14)15(2,3)4/h7-8,10-11,16H,9,12H2,1-4H3. The minimum atomic E-state index is 0.181. The summed E-state index contributed by atoms with van der Waals surface area (Å²) in [6.07, 6.45) is 0.898. The van der Waals surface area contributed by atoms with E-state index >= 15 is 0 Å². The number of benzene rings is 1. The maximum absolute atomic E-state index is 3.45. The molecule has 1 aromatic rings. The molecule has 86 valence electrons. The molecule has 0 saturated heterocycles. The molecule has 0 saturated carbocycles. The molecule has 1 rings (SSSR count). The van der Waals surface area contributed by atoms with Crippen LogP contribution in [0.4, 0.5) is 5.69 Å². The minimum Gasteiger partial charge on any atom is -0.384 e. The number of rotatable bonds is 3. The Hall–Kier alpha value is -1.42. The highest BCUT2D eigenvalue weighted by molar-refractivity contribution is 5.54. The molecule has 0 bridgehead atoms. The molecular weight excluding hydrogens is 194 g/mol. The van der Waals surface area contributed by atoms with Gasteiger partial charge in [-0.25, -0.2) is 0 Å². The van der Waals surface area contributed by atoms with Crippen LogP contribution in [0.2, 0.25) is 0 Å². The fraction of sp³-hybridized carbons (Fsp3) is 0.467. The first-order valence-electron chi connectivity index (χ1n) is 5.78. The van der Waals surface area contributed by atoms with Crippen LogP contribution in [0.25, 0.3) is 0 Å². The average Bonchev–Trinajstić information content (AvgIpc) is 2.24. The van der Waals surface area contributed by atoms with E-state index in [4.69, 9.17) is 0 Å².